The molecule has 0 unspecified atom stereocenters. The molecule has 4 aliphatic rings. The number of hydrogen-bond donors (Lipinski definition) is 3. The normalized spacial score (nSPS) is 31.2. The SMILES string of the molecule is CC(C)C[C@H](NC(=O)[C@@H](NC(=O)c1ccc[n+]([O-])c1)[C@@H](C)O)B1O[C@@H]2C[C@H]3C[C@@H](C3(C)C)[C@]2(C)O1. The Morgan fingerprint density at radius 1 is 1.26 bits per heavy atom. The molecule has 2 amide bonds. The molecular weight excluding hydrogens is 449 g/mol. The predicted molar refractivity (Wildman–Crippen MR) is 130 cm³/mol. The van der Waals surface area contributed by atoms with Gasteiger partial charge in [0.25, 0.3) is 5.91 Å². The third-order valence-electron chi connectivity index (χ3n) is 8.44. The van der Waals surface area contributed by atoms with Crippen molar-refractivity contribution in [2.24, 2.45) is 23.2 Å². The second-order valence-electron chi connectivity index (χ2n) is 11.7. The Hall–Kier alpha value is -2.17. The van der Waals surface area contributed by atoms with Crippen LogP contribution in [0, 0.1) is 28.4 Å². The van der Waals surface area contributed by atoms with E-state index in [0.29, 0.717) is 23.0 Å². The van der Waals surface area contributed by atoms with Gasteiger partial charge in [0.05, 0.1) is 23.8 Å². The minimum Gasteiger partial charge on any atom is -0.619 e. The fourth-order valence-corrected chi connectivity index (χ4v) is 6.31. The highest BCUT2D eigenvalue weighted by Crippen LogP contribution is 2.65. The standard InChI is InChI=1S/C25H38BN3O6/c1-14(2)10-20(26-34-19-12-17-11-18(24(17,4)5)25(19,6)35-26)27-23(32)21(15(3)30)28-22(31)16-8-7-9-29(33)13-16/h7-9,13-15,17-21,30H,10-12H2,1-6H3,(H,27,32)(H,28,31)/t15-,17-,18+,19-,20+,21+,25+/m1/s1. The van der Waals surface area contributed by atoms with Crippen molar-refractivity contribution in [3.8, 4) is 0 Å². The molecule has 1 aromatic heterocycles. The van der Waals surface area contributed by atoms with Crippen molar-refractivity contribution < 1.29 is 28.7 Å². The molecule has 2 bridgehead atoms. The topological polar surface area (TPSA) is 124 Å². The van der Waals surface area contributed by atoms with Crippen molar-refractivity contribution in [1.82, 2.24) is 10.6 Å². The second kappa shape index (κ2) is 9.37. The van der Waals surface area contributed by atoms with Gasteiger partial charge in [0.2, 0.25) is 5.91 Å². The average Bonchev–Trinajstić information content (AvgIpc) is 3.13. The third kappa shape index (κ3) is 4.80. The number of aliphatic hydroxyl groups excluding tert-OH is 1. The number of rotatable bonds is 8. The second-order valence-corrected chi connectivity index (χ2v) is 11.7. The van der Waals surface area contributed by atoms with Crippen LogP contribution in [0.1, 0.15) is 71.2 Å². The van der Waals surface area contributed by atoms with Crippen LogP contribution in [0.15, 0.2) is 24.5 Å². The van der Waals surface area contributed by atoms with Gasteiger partial charge in [-0.2, -0.15) is 4.73 Å². The maximum absolute atomic E-state index is 13.3. The Kier molecular flexibility index (Phi) is 6.94. The molecule has 5 rings (SSSR count). The number of pyridine rings is 1. The quantitative estimate of drug-likeness (QED) is 0.291. The van der Waals surface area contributed by atoms with Crippen molar-refractivity contribution in [2.45, 2.75) is 90.6 Å². The Morgan fingerprint density at radius 2 is 1.97 bits per heavy atom. The molecule has 192 valence electrons. The number of carbonyl (C=O) groups excluding carboxylic acids is 2. The summed E-state index contributed by atoms with van der Waals surface area (Å²) in [5.41, 5.74) is -0.0931. The van der Waals surface area contributed by atoms with E-state index in [2.05, 4.69) is 45.3 Å². The first-order valence-corrected chi connectivity index (χ1v) is 12.6. The van der Waals surface area contributed by atoms with E-state index in [0.717, 1.165) is 19.0 Å². The Balaban J connectivity index is 1.47. The highest BCUT2D eigenvalue weighted by Gasteiger charge is 2.68. The van der Waals surface area contributed by atoms with Gasteiger partial charge in [0, 0.05) is 6.07 Å². The fourth-order valence-electron chi connectivity index (χ4n) is 6.31. The molecule has 9 nitrogen and oxygen atoms in total. The summed E-state index contributed by atoms with van der Waals surface area (Å²) in [5, 5.41) is 27.4. The smallest absolute Gasteiger partial charge is 0.481 e. The van der Waals surface area contributed by atoms with Gasteiger partial charge < -0.3 is 30.3 Å². The number of carbonyl (C=O) groups is 2. The molecule has 3 N–H and O–H groups in total. The van der Waals surface area contributed by atoms with Crippen LogP contribution in [0.2, 0.25) is 0 Å². The van der Waals surface area contributed by atoms with E-state index < -0.39 is 42.6 Å². The largest absolute Gasteiger partial charge is 0.619 e. The molecule has 1 saturated heterocycles. The summed E-state index contributed by atoms with van der Waals surface area (Å²) in [5.74, 6) is -0.314. The van der Waals surface area contributed by atoms with Gasteiger partial charge in [0.15, 0.2) is 12.4 Å². The molecule has 3 aliphatic carbocycles. The molecular formula is C25H38BN3O6. The molecule has 4 fully saturated rings. The molecule has 35 heavy (non-hydrogen) atoms. The number of aromatic nitrogens is 1. The van der Waals surface area contributed by atoms with Gasteiger partial charge in [-0.25, -0.2) is 0 Å². The van der Waals surface area contributed by atoms with Gasteiger partial charge in [-0.1, -0.05) is 27.7 Å². The molecule has 1 aromatic rings. The Morgan fingerprint density at radius 3 is 2.57 bits per heavy atom. The Labute approximate surface area is 207 Å². The van der Waals surface area contributed by atoms with Gasteiger partial charge in [0.1, 0.15) is 11.6 Å². The fraction of sp³-hybridized carbons (Fsp3) is 0.720. The minimum absolute atomic E-state index is 0.0139. The number of nitrogens with zero attached hydrogens (tertiary/aromatic N) is 1. The van der Waals surface area contributed by atoms with Crippen LogP contribution in [0.25, 0.3) is 0 Å². The lowest BCUT2D eigenvalue weighted by molar-refractivity contribution is -0.605. The zero-order chi connectivity index (χ0) is 25.7. The van der Waals surface area contributed by atoms with Gasteiger partial charge >= 0.3 is 7.12 Å². The number of amides is 2. The summed E-state index contributed by atoms with van der Waals surface area (Å²) in [7, 11) is -0.606. The molecule has 0 radical (unpaired) electrons. The van der Waals surface area contributed by atoms with Crippen LogP contribution < -0.4 is 15.4 Å². The van der Waals surface area contributed by atoms with Crippen molar-refractivity contribution in [1.29, 1.82) is 0 Å². The third-order valence-corrected chi connectivity index (χ3v) is 8.44. The van der Waals surface area contributed by atoms with Crippen LogP contribution in [0.4, 0.5) is 0 Å². The predicted octanol–water partition coefficient (Wildman–Crippen LogP) is 1.60. The summed E-state index contributed by atoms with van der Waals surface area (Å²) >= 11 is 0. The maximum Gasteiger partial charge on any atom is 0.481 e. The van der Waals surface area contributed by atoms with Gasteiger partial charge in [-0.05, 0) is 62.3 Å². The maximum atomic E-state index is 13.3. The molecule has 10 heteroatoms. The summed E-state index contributed by atoms with van der Waals surface area (Å²) in [6, 6.07) is 1.71. The van der Waals surface area contributed by atoms with Crippen LogP contribution in [-0.4, -0.2) is 53.8 Å². The van der Waals surface area contributed by atoms with E-state index in [1.54, 1.807) is 0 Å². The van der Waals surface area contributed by atoms with Gasteiger partial charge in [-0.15, -0.1) is 0 Å². The first-order valence-electron chi connectivity index (χ1n) is 12.6. The van der Waals surface area contributed by atoms with Gasteiger partial charge in [-0.3, -0.25) is 9.59 Å². The van der Waals surface area contributed by atoms with Crippen LogP contribution >= 0.6 is 0 Å². The number of nitrogens with one attached hydrogen (secondary N) is 2. The summed E-state index contributed by atoms with van der Waals surface area (Å²) < 4.78 is 13.5. The van der Waals surface area contributed by atoms with E-state index in [1.807, 2.05) is 0 Å². The van der Waals surface area contributed by atoms with E-state index in [9.17, 15) is 19.9 Å². The minimum atomic E-state index is -1.21. The molecule has 3 saturated carbocycles. The van der Waals surface area contributed by atoms with Crippen LogP contribution in [0.3, 0.4) is 0 Å². The van der Waals surface area contributed by atoms with Crippen molar-refractivity contribution >= 4 is 18.9 Å². The molecule has 0 aromatic carbocycles. The first-order chi connectivity index (χ1) is 16.3. The van der Waals surface area contributed by atoms with Crippen LogP contribution in [-0.2, 0) is 14.1 Å². The summed E-state index contributed by atoms with van der Waals surface area (Å²) in [6.07, 6.45) is 3.91. The molecule has 7 atom stereocenters. The molecule has 1 aliphatic heterocycles. The lowest BCUT2D eigenvalue weighted by Gasteiger charge is -2.64. The summed E-state index contributed by atoms with van der Waals surface area (Å²) in [4.78, 5) is 25.9. The lowest BCUT2D eigenvalue weighted by Crippen LogP contribution is -2.65. The zero-order valence-electron chi connectivity index (χ0n) is 21.5. The molecule has 2 heterocycles. The van der Waals surface area contributed by atoms with E-state index in [4.69, 9.17) is 9.31 Å². The number of hydrogen-bond acceptors (Lipinski definition) is 6. The first kappa shape index (κ1) is 25.9. The van der Waals surface area contributed by atoms with Crippen molar-refractivity contribution in [2.75, 3.05) is 0 Å². The highest BCUT2D eigenvalue weighted by atomic mass is 16.7. The zero-order valence-corrected chi connectivity index (χ0v) is 21.5. The molecule has 0 spiro atoms. The highest BCUT2D eigenvalue weighted by molar-refractivity contribution is 6.48. The monoisotopic (exact) mass is 487 g/mol. The van der Waals surface area contributed by atoms with Crippen molar-refractivity contribution in [3.63, 3.8) is 0 Å². The number of aliphatic hydroxyl groups is 1. The lowest BCUT2D eigenvalue weighted by atomic mass is 9.43. The average molecular weight is 487 g/mol. The van der Waals surface area contributed by atoms with Crippen molar-refractivity contribution in [3.05, 3.63) is 35.3 Å². The van der Waals surface area contributed by atoms with E-state index in [-0.39, 0.29) is 23.0 Å². The summed E-state index contributed by atoms with van der Waals surface area (Å²) in [6.45, 7) is 12.3. The van der Waals surface area contributed by atoms with Crippen LogP contribution in [0.5, 0.6) is 0 Å². The van der Waals surface area contributed by atoms with E-state index in [1.165, 1.54) is 25.3 Å². The van der Waals surface area contributed by atoms with E-state index >= 15 is 0 Å². The Bertz CT molecular complexity index is 972.